The third-order valence-electron chi connectivity index (χ3n) is 3.30. The lowest BCUT2D eigenvalue weighted by molar-refractivity contribution is 0.0599. The van der Waals surface area contributed by atoms with Gasteiger partial charge in [-0.1, -0.05) is 36.4 Å². The Bertz CT molecular complexity index is 623. The molecule has 4 heteroatoms. The maximum Gasteiger partial charge on any atom is 0.338 e. The van der Waals surface area contributed by atoms with Crippen LogP contribution in [-0.2, 0) is 11.3 Å². The number of anilines is 1. The van der Waals surface area contributed by atoms with E-state index in [0.29, 0.717) is 12.1 Å². The van der Waals surface area contributed by atoms with Gasteiger partial charge in [0.25, 0.3) is 0 Å². The SMILES string of the molecule is COC(=O)c1ccccc1CNc1ccccc1C(C)O. The first-order valence-electron chi connectivity index (χ1n) is 6.80. The van der Waals surface area contributed by atoms with E-state index in [-0.39, 0.29) is 5.97 Å². The van der Waals surface area contributed by atoms with Crippen molar-refractivity contribution >= 4 is 11.7 Å². The zero-order valence-electron chi connectivity index (χ0n) is 12.2. The van der Waals surface area contributed by atoms with Gasteiger partial charge >= 0.3 is 5.97 Å². The van der Waals surface area contributed by atoms with E-state index in [1.54, 1.807) is 19.1 Å². The summed E-state index contributed by atoms with van der Waals surface area (Å²) < 4.78 is 4.78. The molecule has 21 heavy (non-hydrogen) atoms. The van der Waals surface area contributed by atoms with Gasteiger partial charge in [0, 0.05) is 17.8 Å². The number of aliphatic hydroxyl groups excluding tert-OH is 1. The van der Waals surface area contributed by atoms with Crippen LogP contribution < -0.4 is 5.32 Å². The fraction of sp³-hybridized carbons (Fsp3) is 0.235. The summed E-state index contributed by atoms with van der Waals surface area (Å²) in [5, 5.41) is 13.0. The zero-order chi connectivity index (χ0) is 15.2. The van der Waals surface area contributed by atoms with E-state index in [2.05, 4.69) is 5.32 Å². The molecule has 2 N–H and O–H groups in total. The Kier molecular flexibility index (Phi) is 4.95. The Morgan fingerprint density at radius 1 is 1.19 bits per heavy atom. The van der Waals surface area contributed by atoms with Gasteiger partial charge in [-0.05, 0) is 24.6 Å². The van der Waals surface area contributed by atoms with Crippen LogP contribution in [0.15, 0.2) is 48.5 Å². The highest BCUT2D eigenvalue weighted by atomic mass is 16.5. The summed E-state index contributed by atoms with van der Waals surface area (Å²) in [5.41, 5.74) is 3.08. The molecule has 0 aliphatic rings. The van der Waals surface area contributed by atoms with Crippen molar-refractivity contribution in [2.45, 2.75) is 19.6 Å². The number of hydrogen-bond donors (Lipinski definition) is 2. The smallest absolute Gasteiger partial charge is 0.338 e. The number of methoxy groups -OCH3 is 1. The van der Waals surface area contributed by atoms with Crippen molar-refractivity contribution in [2.24, 2.45) is 0 Å². The molecule has 1 atom stereocenters. The molecule has 0 amide bonds. The van der Waals surface area contributed by atoms with E-state index in [4.69, 9.17) is 4.74 Å². The lowest BCUT2D eigenvalue weighted by atomic mass is 10.1. The molecule has 2 aromatic carbocycles. The highest BCUT2D eigenvalue weighted by Gasteiger charge is 2.12. The van der Waals surface area contributed by atoms with Crippen LogP contribution in [0.5, 0.6) is 0 Å². The van der Waals surface area contributed by atoms with E-state index < -0.39 is 6.10 Å². The van der Waals surface area contributed by atoms with Crippen LogP contribution in [0.25, 0.3) is 0 Å². The standard InChI is InChI=1S/C17H19NO3/c1-12(19)14-8-5-6-10-16(14)18-11-13-7-3-4-9-15(13)17(20)21-2/h3-10,12,18-19H,11H2,1-2H3. The third-order valence-corrected chi connectivity index (χ3v) is 3.30. The number of rotatable bonds is 5. The van der Waals surface area contributed by atoms with Crippen molar-refractivity contribution in [1.82, 2.24) is 0 Å². The quantitative estimate of drug-likeness (QED) is 0.829. The van der Waals surface area contributed by atoms with Crippen molar-refractivity contribution in [2.75, 3.05) is 12.4 Å². The molecule has 1 unspecified atom stereocenters. The molecule has 2 aromatic rings. The van der Waals surface area contributed by atoms with Crippen molar-refractivity contribution < 1.29 is 14.6 Å². The molecule has 110 valence electrons. The van der Waals surface area contributed by atoms with Crippen molar-refractivity contribution in [3.63, 3.8) is 0 Å². The molecule has 0 heterocycles. The van der Waals surface area contributed by atoms with Gasteiger partial charge in [0.1, 0.15) is 0 Å². The van der Waals surface area contributed by atoms with Crippen LogP contribution in [0.2, 0.25) is 0 Å². The second-order valence-electron chi connectivity index (χ2n) is 4.77. The van der Waals surface area contributed by atoms with E-state index in [9.17, 15) is 9.90 Å². The second-order valence-corrected chi connectivity index (χ2v) is 4.77. The molecule has 2 rings (SSSR count). The number of esters is 1. The van der Waals surface area contributed by atoms with Gasteiger partial charge in [-0.15, -0.1) is 0 Å². The maximum absolute atomic E-state index is 11.7. The van der Waals surface area contributed by atoms with Crippen molar-refractivity contribution in [3.05, 3.63) is 65.2 Å². The first-order chi connectivity index (χ1) is 10.1. The lowest BCUT2D eigenvalue weighted by Crippen LogP contribution is -2.10. The largest absolute Gasteiger partial charge is 0.465 e. The summed E-state index contributed by atoms with van der Waals surface area (Å²) in [5.74, 6) is -0.351. The summed E-state index contributed by atoms with van der Waals surface area (Å²) in [7, 11) is 1.37. The molecule has 0 radical (unpaired) electrons. The molecule has 0 aliphatic carbocycles. The number of nitrogens with one attached hydrogen (secondary N) is 1. The average Bonchev–Trinajstić information content (AvgIpc) is 2.52. The van der Waals surface area contributed by atoms with Gasteiger partial charge in [0.05, 0.1) is 18.8 Å². The summed E-state index contributed by atoms with van der Waals surface area (Å²) >= 11 is 0. The number of ether oxygens (including phenoxy) is 1. The van der Waals surface area contributed by atoms with E-state index >= 15 is 0 Å². The number of aliphatic hydroxyl groups is 1. The average molecular weight is 285 g/mol. The van der Waals surface area contributed by atoms with E-state index in [1.165, 1.54) is 7.11 Å². The predicted molar refractivity (Wildman–Crippen MR) is 82.2 cm³/mol. The highest BCUT2D eigenvalue weighted by molar-refractivity contribution is 5.91. The summed E-state index contributed by atoms with van der Waals surface area (Å²) in [4.78, 5) is 11.7. The van der Waals surface area contributed by atoms with Crippen LogP contribution in [0.3, 0.4) is 0 Å². The molecule has 0 saturated carbocycles. The van der Waals surface area contributed by atoms with Crippen LogP contribution in [0, 0.1) is 0 Å². The van der Waals surface area contributed by atoms with E-state index in [0.717, 1.165) is 16.8 Å². The van der Waals surface area contributed by atoms with Crippen LogP contribution in [0.1, 0.15) is 34.5 Å². The van der Waals surface area contributed by atoms with Gasteiger partial charge in [0.2, 0.25) is 0 Å². The van der Waals surface area contributed by atoms with Crippen molar-refractivity contribution in [1.29, 1.82) is 0 Å². The monoisotopic (exact) mass is 285 g/mol. The summed E-state index contributed by atoms with van der Waals surface area (Å²) in [6.07, 6.45) is -0.551. The van der Waals surface area contributed by atoms with Gasteiger partial charge < -0.3 is 15.2 Å². The Morgan fingerprint density at radius 3 is 2.57 bits per heavy atom. The Balaban J connectivity index is 2.20. The van der Waals surface area contributed by atoms with Crippen LogP contribution in [-0.4, -0.2) is 18.2 Å². The molecule has 0 fully saturated rings. The molecule has 0 aliphatic heterocycles. The predicted octanol–water partition coefficient (Wildman–Crippen LogP) is 3.14. The fourth-order valence-corrected chi connectivity index (χ4v) is 2.20. The molecule has 0 bridgehead atoms. The third kappa shape index (κ3) is 3.61. The highest BCUT2D eigenvalue weighted by Crippen LogP contribution is 2.23. The molecule has 0 saturated heterocycles. The number of para-hydroxylation sites is 1. The minimum absolute atomic E-state index is 0.351. The molecule has 4 nitrogen and oxygen atoms in total. The fourth-order valence-electron chi connectivity index (χ4n) is 2.20. The second kappa shape index (κ2) is 6.90. The summed E-state index contributed by atoms with van der Waals surface area (Å²) in [6, 6.07) is 14.9. The molecule has 0 spiro atoms. The molecular formula is C17H19NO3. The Hall–Kier alpha value is -2.33. The number of carbonyl (C=O) groups excluding carboxylic acids is 1. The van der Waals surface area contributed by atoms with Gasteiger partial charge in [0.15, 0.2) is 0 Å². The van der Waals surface area contributed by atoms with Crippen molar-refractivity contribution in [3.8, 4) is 0 Å². The van der Waals surface area contributed by atoms with Crippen LogP contribution in [0.4, 0.5) is 5.69 Å². The van der Waals surface area contributed by atoms with E-state index in [1.807, 2.05) is 36.4 Å². The minimum atomic E-state index is -0.551. The zero-order valence-corrected chi connectivity index (χ0v) is 12.2. The Morgan fingerprint density at radius 2 is 1.86 bits per heavy atom. The van der Waals surface area contributed by atoms with Crippen LogP contribution >= 0.6 is 0 Å². The number of benzene rings is 2. The van der Waals surface area contributed by atoms with Gasteiger partial charge in [-0.2, -0.15) is 0 Å². The number of carbonyl (C=O) groups is 1. The lowest BCUT2D eigenvalue weighted by Gasteiger charge is -2.15. The normalized spacial score (nSPS) is 11.8. The molecule has 0 aromatic heterocycles. The van der Waals surface area contributed by atoms with Gasteiger partial charge in [-0.3, -0.25) is 0 Å². The minimum Gasteiger partial charge on any atom is -0.465 e. The number of hydrogen-bond acceptors (Lipinski definition) is 4. The first kappa shape index (κ1) is 15.1. The first-order valence-corrected chi connectivity index (χ1v) is 6.80. The topological polar surface area (TPSA) is 58.6 Å². The molecular weight excluding hydrogens is 266 g/mol. The van der Waals surface area contributed by atoms with Gasteiger partial charge in [-0.25, -0.2) is 4.79 Å². The maximum atomic E-state index is 11.7. The summed E-state index contributed by atoms with van der Waals surface area (Å²) in [6.45, 7) is 2.21. The Labute approximate surface area is 124 Å².